The Morgan fingerprint density at radius 3 is 2.74 bits per heavy atom. The van der Waals surface area contributed by atoms with Gasteiger partial charge < -0.3 is 19.1 Å². The largest absolute Gasteiger partial charge is 0.378 e. The SMILES string of the molecule is C=CC(=O)N1CC2(CC(c3nc(-c4cccc(N5CCOCC5)c4)c(-c4c(C)ccc5[nH]ncc45)n3C)C2)C1. The number of nitrogens with one attached hydrogen (secondary N) is 1. The Morgan fingerprint density at radius 2 is 1.97 bits per heavy atom. The van der Waals surface area contributed by atoms with Crippen LogP contribution >= 0.6 is 0 Å². The molecular weight excluding hydrogens is 488 g/mol. The topological polar surface area (TPSA) is 79.3 Å². The quantitative estimate of drug-likeness (QED) is 0.386. The van der Waals surface area contributed by atoms with Crippen molar-refractivity contribution < 1.29 is 9.53 Å². The number of aromatic nitrogens is 4. The van der Waals surface area contributed by atoms with Crippen LogP contribution in [0.3, 0.4) is 0 Å². The van der Waals surface area contributed by atoms with E-state index in [0.29, 0.717) is 5.92 Å². The van der Waals surface area contributed by atoms with Crippen molar-refractivity contribution in [2.45, 2.75) is 25.7 Å². The van der Waals surface area contributed by atoms with E-state index >= 15 is 0 Å². The molecule has 0 atom stereocenters. The van der Waals surface area contributed by atoms with Crippen molar-refractivity contribution in [3.05, 3.63) is 66.6 Å². The zero-order valence-electron chi connectivity index (χ0n) is 22.6. The molecule has 39 heavy (non-hydrogen) atoms. The molecule has 0 unspecified atom stereocenters. The molecule has 4 aromatic rings. The molecule has 1 spiro atoms. The van der Waals surface area contributed by atoms with Gasteiger partial charge in [-0.25, -0.2) is 4.98 Å². The number of amides is 1. The van der Waals surface area contributed by atoms with Crippen molar-refractivity contribution in [2.75, 3.05) is 44.3 Å². The highest BCUT2D eigenvalue weighted by Crippen LogP contribution is 2.56. The number of carbonyl (C=O) groups excluding carboxylic acids is 1. The summed E-state index contributed by atoms with van der Waals surface area (Å²) in [5.74, 6) is 1.53. The minimum Gasteiger partial charge on any atom is -0.378 e. The van der Waals surface area contributed by atoms with Crippen LogP contribution in [0.25, 0.3) is 33.4 Å². The number of imidazole rings is 1. The molecule has 8 heteroatoms. The van der Waals surface area contributed by atoms with Crippen molar-refractivity contribution >= 4 is 22.5 Å². The van der Waals surface area contributed by atoms with Crippen LogP contribution in [0.2, 0.25) is 0 Å². The van der Waals surface area contributed by atoms with Gasteiger partial charge in [0.2, 0.25) is 5.91 Å². The highest BCUT2D eigenvalue weighted by Gasteiger charge is 2.54. The first-order valence-corrected chi connectivity index (χ1v) is 13.8. The second kappa shape index (κ2) is 9.09. The van der Waals surface area contributed by atoms with E-state index in [2.05, 4.69) is 76.6 Å². The molecule has 2 saturated heterocycles. The van der Waals surface area contributed by atoms with Gasteiger partial charge in [0, 0.05) is 66.8 Å². The lowest BCUT2D eigenvalue weighted by atomic mass is 9.57. The van der Waals surface area contributed by atoms with Crippen molar-refractivity contribution in [1.29, 1.82) is 0 Å². The van der Waals surface area contributed by atoms with E-state index in [1.54, 1.807) is 0 Å². The summed E-state index contributed by atoms with van der Waals surface area (Å²) in [5, 5.41) is 8.61. The van der Waals surface area contributed by atoms with E-state index < -0.39 is 0 Å². The molecule has 0 bridgehead atoms. The summed E-state index contributed by atoms with van der Waals surface area (Å²) in [4.78, 5) is 21.7. The number of likely N-dealkylation sites (tertiary alicyclic amines) is 1. The number of benzene rings is 2. The first-order valence-electron chi connectivity index (χ1n) is 13.8. The fourth-order valence-corrected chi connectivity index (χ4v) is 6.96. The third-order valence-corrected chi connectivity index (χ3v) is 8.96. The molecule has 4 heterocycles. The molecule has 2 aromatic carbocycles. The van der Waals surface area contributed by atoms with Gasteiger partial charge >= 0.3 is 0 Å². The van der Waals surface area contributed by atoms with Crippen LogP contribution in [-0.2, 0) is 16.6 Å². The zero-order chi connectivity index (χ0) is 26.7. The zero-order valence-corrected chi connectivity index (χ0v) is 22.6. The maximum Gasteiger partial charge on any atom is 0.245 e. The standard InChI is InChI=1S/C31H34N6O2/c1-4-26(38)37-18-31(19-37)15-22(16-31)30-33-28(21-6-5-7-23(14-21)36-10-12-39-13-11-36)29(35(30)3)27-20(2)8-9-25-24(27)17-32-34-25/h4-9,14,17,22H,1,10-13,15-16,18-19H2,2-3H3,(H,32,34). The Kier molecular flexibility index (Phi) is 5.63. The molecule has 1 amide bonds. The maximum absolute atomic E-state index is 12.0. The molecule has 7 rings (SSSR count). The van der Waals surface area contributed by atoms with E-state index in [-0.39, 0.29) is 11.3 Å². The molecule has 3 fully saturated rings. The van der Waals surface area contributed by atoms with Crippen LogP contribution in [0.5, 0.6) is 0 Å². The van der Waals surface area contributed by atoms with Crippen LogP contribution < -0.4 is 4.90 Å². The summed E-state index contributed by atoms with van der Waals surface area (Å²) in [6.45, 7) is 10.8. The number of fused-ring (bicyclic) bond motifs is 1. The summed E-state index contributed by atoms with van der Waals surface area (Å²) in [7, 11) is 2.16. The molecular formula is C31H34N6O2. The van der Waals surface area contributed by atoms with Crippen LogP contribution in [-0.4, -0.2) is 69.9 Å². The number of anilines is 1. The number of ether oxygens (including phenoxy) is 1. The molecule has 2 aromatic heterocycles. The number of morpholine rings is 1. The fourth-order valence-electron chi connectivity index (χ4n) is 6.96. The number of aryl methyl sites for hydroxylation is 1. The lowest BCUT2D eigenvalue weighted by Gasteiger charge is -2.58. The van der Waals surface area contributed by atoms with Crippen LogP contribution in [0.4, 0.5) is 5.69 Å². The predicted molar refractivity (Wildman–Crippen MR) is 153 cm³/mol. The molecule has 1 aliphatic carbocycles. The van der Waals surface area contributed by atoms with Crippen LogP contribution in [0.1, 0.15) is 30.1 Å². The normalized spacial score (nSPS) is 18.8. The third kappa shape index (κ3) is 3.88. The van der Waals surface area contributed by atoms with E-state index in [9.17, 15) is 4.79 Å². The van der Waals surface area contributed by atoms with Gasteiger partial charge in [0.05, 0.1) is 36.3 Å². The second-order valence-electron chi connectivity index (χ2n) is 11.5. The minimum absolute atomic E-state index is 0.0365. The lowest BCUT2D eigenvalue weighted by molar-refractivity contribution is -0.146. The van der Waals surface area contributed by atoms with E-state index in [1.807, 2.05) is 11.1 Å². The molecule has 1 N–H and O–H groups in total. The maximum atomic E-state index is 12.0. The molecule has 8 nitrogen and oxygen atoms in total. The Labute approximate surface area is 228 Å². The highest BCUT2D eigenvalue weighted by atomic mass is 16.5. The molecule has 2 aliphatic heterocycles. The van der Waals surface area contributed by atoms with Gasteiger partial charge in [0.15, 0.2) is 0 Å². The number of rotatable bonds is 5. The summed E-state index contributed by atoms with van der Waals surface area (Å²) >= 11 is 0. The van der Waals surface area contributed by atoms with Gasteiger partial charge in [-0.05, 0) is 49.6 Å². The van der Waals surface area contributed by atoms with Gasteiger partial charge in [0.25, 0.3) is 0 Å². The minimum atomic E-state index is 0.0365. The van der Waals surface area contributed by atoms with Gasteiger partial charge in [-0.1, -0.05) is 24.8 Å². The van der Waals surface area contributed by atoms with E-state index in [4.69, 9.17) is 9.72 Å². The van der Waals surface area contributed by atoms with Crippen LogP contribution in [0, 0.1) is 12.3 Å². The Bertz CT molecular complexity index is 1580. The number of carbonyl (C=O) groups is 1. The lowest BCUT2D eigenvalue weighted by Crippen LogP contribution is -2.63. The fraction of sp³-hybridized carbons (Fsp3) is 0.387. The van der Waals surface area contributed by atoms with Gasteiger partial charge in [-0.3, -0.25) is 9.89 Å². The summed E-state index contributed by atoms with van der Waals surface area (Å²) in [6, 6.07) is 13.0. The van der Waals surface area contributed by atoms with Gasteiger partial charge in [-0.2, -0.15) is 5.10 Å². The van der Waals surface area contributed by atoms with Crippen LogP contribution in [0.15, 0.2) is 55.3 Å². The highest BCUT2D eigenvalue weighted by molar-refractivity contribution is 5.99. The first kappa shape index (κ1) is 24.2. The van der Waals surface area contributed by atoms with E-state index in [0.717, 1.165) is 85.9 Å². The third-order valence-electron chi connectivity index (χ3n) is 8.96. The van der Waals surface area contributed by atoms with Gasteiger partial charge in [0.1, 0.15) is 5.82 Å². The Balaban J connectivity index is 1.30. The second-order valence-corrected chi connectivity index (χ2v) is 11.5. The summed E-state index contributed by atoms with van der Waals surface area (Å²) < 4.78 is 7.90. The Morgan fingerprint density at radius 1 is 1.18 bits per heavy atom. The number of hydrogen-bond donors (Lipinski definition) is 1. The van der Waals surface area contributed by atoms with Crippen molar-refractivity contribution in [3.8, 4) is 22.5 Å². The predicted octanol–water partition coefficient (Wildman–Crippen LogP) is 4.67. The smallest absolute Gasteiger partial charge is 0.245 e. The van der Waals surface area contributed by atoms with Crippen molar-refractivity contribution in [1.82, 2.24) is 24.6 Å². The Hall–Kier alpha value is -3.91. The molecule has 200 valence electrons. The van der Waals surface area contributed by atoms with E-state index in [1.165, 1.54) is 22.9 Å². The summed E-state index contributed by atoms with van der Waals surface area (Å²) in [6.07, 6.45) is 5.46. The number of hydrogen-bond acceptors (Lipinski definition) is 5. The number of aromatic amines is 1. The molecule has 0 radical (unpaired) electrons. The summed E-state index contributed by atoms with van der Waals surface area (Å²) in [5.41, 5.74) is 8.10. The van der Waals surface area contributed by atoms with Crippen molar-refractivity contribution in [3.63, 3.8) is 0 Å². The molecule has 1 saturated carbocycles. The average Bonchev–Trinajstić information content (AvgIpc) is 3.52. The number of H-pyrrole nitrogens is 1. The van der Waals surface area contributed by atoms with Crippen molar-refractivity contribution in [2.24, 2.45) is 12.5 Å². The monoisotopic (exact) mass is 522 g/mol. The first-order chi connectivity index (χ1) is 19.0. The van der Waals surface area contributed by atoms with Gasteiger partial charge in [-0.15, -0.1) is 0 Å². The number of nitrogens with zero attached hydrogens (tertiary/aromatic N) is 5. The molecule has 3 aliphatic rings. The average molecular weight is 523 g/mol.